The molecule has 0 aliphatic heterocycles. The van der Waals surface area contributed by atoms with Gasteiger partial charge in [0, 0.05) is 0 Å². The molecular formula is C16H18FNO2S. The number of anilines is 1. The first kappa shape index (κ1) is 15.5. The molecule has 2 aromatic rings. The Morgan fingerprint density at radius 1 is 1.10 bits per heavy atom. The standard InChI is InChI=1S/C16H18FNO2S/c1-4-13-7-5-6-11(2)16(13)18-21(19,20)15-9-8-14(17)10-12(15)3/h5-10,18H,4H2,1-3H3. The monoisotopic (exact) mass is 307 g/mol. The number of halogens is 1. The fourth-order valence-corrected chi connectivity index (χ4v) is 3.67. The lowest BCUT2D eigenvalue weighted by Crippen LogP contribution is -2.16. The first-order valence-electron chi connectivity index (χ1n) is 6.72. The van der Waals surface area contributed by atoms with E-state index in [1.54, 1.807) is 6.92 Å². The van der Waals surface area contributed by atoms with Crippen molar-refractivity contribution in [3.8, 4) is 0 Å². The van der Waals surface area contributed by atoms with Crippen LogP contribution in [0.3, 0.4) is 0 Å². The number of rotatable bonds is 4. The molecule has 21 heavy (non-hydrogen) atoms. The quantitative estimate of drug-likeness (QED) is 0.933. The smallest absolute Gasteiger partial charge is 0.262 e. The van der Waals surface area contributed by atoms with Crippen molar-refractivity contribution in [3.05, 3.63) is 58.9 Å². The maximum absolute atomic E-state index is 13.1. The summed E-state index contributed by atoms with van der Waals surface area (Å²) in [5, 5.41) is 0. The summed E-state index contributed by atoms with van der Waals surface area (Å²) in [6, 6.07) is 9.30. The second-order valence-corrected chi connectivity index (χ2v) is 6.63. The molecule has 1 N–H and O–H groups in total. The van der Waals surface area contributed by atoms with Gasteiger partial charge in [0.15, 0.2) is 0 Å². The Bertz CT molecular complexity index is 770. The van der Waals surface area contributed by atoms with Crippen molar-refractivity contribution < 1.29 is 12.8 Å². The van der Waals surface area contributed by atoms with Crippen LogP contribution in [0.25, 0.3) is 0 Å². The molecule has 0 unspecified atom stereocenters. The molecule has 3 nitrogen and oxygen atoms in total. The van der Waals surface area contributed by atoms with Gasteiger partial charge in [0.2, 0.25) is 0 Å². The summed E-state index contributed by atoms with van der Waals surface area (Å²) in [6.45, 7) is 5.40. The van der Waals surface area contributed by atoms with Crippen molar-refractivity contribution in [3.63, 3.8) is 0 Å². The van der Waals surface area contributed by atoms with Crippen LogP contribution < -0.4 is 4.72 Å². The topological polar surface area (TPSA) is 46.2 Å². The van der Waals surface area contributed by atoms with E-state index in [0.717, 1.165) is 23.6 Å². The molecule has 0 saturated heterocycles. The van der Waals surface area contributed by atoms with Gasteiger partial charge in [-0.3, -0.25) is 4.72 Å². The molecule has 2 aromatic carbocycles. The summed E-state index contributed by atoms with van der Waals surface area (Å²) in [4.78, 5) is 0.0919. The molecule has 2 rings (SSSR count). The predicted octanol–water partition coefficient (Wildman–Crippen LogP) is 3.81. The van der Waals surface area contributed by atoms with E-state index >= 15 is 0 Å². The van der Waals surface area contributed by atoms with Crippen LogP contribution in [0.15, 0.2) is 41.3 Å². The molecule has 0 radical (unpaired) electrons. The molecule has 0 aliphatic rings. The van der Waals surface area contributed by atoms with Crippen LogP contribution in [0.5, 0.6) is 0 Å². The Labute approximate surface area is 124 Å². The van der Waals surface area contributed by atoms with E-state index in [9.17, 15) is 12.8 Å². The molecule has 0 saturated carbocycles. The highest BCUT2D eigenvalue weighted by molar-refractivity contribution is 7.92. The lowest BCUT2D eigenvalue weighted by Gasteiger charge is -2.15. The Kier molecular flexibility index (Phi) is 4.32. The predicted molar refractivity (Wildman–Crippen MR) is 82.5 cm³/mol. The largest absolute Gasteiger partial charge is 0.279 e. The van der Waals surface area contributed by atoms with Gasteiger partial charge in [-0.2, -0.15) is 0 Å². The van der Waals surface area contributed by atoms with Gasteiger partial charge in [-0.05, 0) is 55.2 Å². The highest BCUT2D eigenvalue weighted by Crippen LogP contribution is 2.26. The van der Waals surface area contributed by atoms with Crippen LogP contribution in [0.4, 0.5) is 10.1 Å². The fourth-order valence-electron chi connectivity index (χ4n) is 2.27. The van der Waals surface area contributed by atoms with E-state index in [-0.39, 0.29) is 4.90 Å². The molecule has 0 heterocycles. The highest BCUT2D eigenvalue weighted by Gasteiger charge is 2.19. The van der Waals surface area contributed by atoms with Crippen molar-refractivity contribution in [1.29, 1.82) is 0 Å². The zero-order valence-electron chi connectivity index (χ0n) is 12.3. The number of aryl methyl sites for hydroxylation is 3. The zero-order chi connectivity index (χ0) is 15.6. The first-order valence-corrected chi connectivity index (χ1v) is 8.21. The second kappa shape index (κ2) is 5.85. The minimum Gasteiger partial charge on any atom is -0.279 e. The lowest BCUT2D eigenvalue weighted by atomic mass is 10.1. The van der Waals surface area contributed by atoms with E-state index in [4.69, 9.17) is 0 Å². The van der Waals surface area contributed by atoms with E-state index in [1.165, 1.54) is 12.1 Å². The van der Waals surface area contributed by atoms with Gasteiger partial charge < -0.3 is 0 Å². The summed E-state index contributed by atoms with van der Waals surface area (Å²) in [5.74, 6) is -0.448. The third-order valence-electron chi connectivity index (χ3n) is 3.40. The maximum Gasteiger partial charge on any atom is 0.262 e. The van der Waals surface area contributed by atoms with Gasteiger partial charge in [0.25, 0.3) is 10.0 Å². The number of benzene rings is 2. The van der Waals surface area contributed by atoms with Gasteiger partial charge in [-0.1, -0.05) is 25.1 Å². The fraction of sp³-hybridized carbons (Fsp3) is 0.250. The average molecular weight is 307 g/mol. The minimum atomic E-state index is -3.73. The van der Waals surface area contributed by atoms with Crippen LogP contribution in [0, 0.1) is 19.7 Å². The van der Waals surface area contributed by atoms with Gasteiger partial charge in [-0.15, -0.1) is 0 Å². The third-order valence-corrected chi connectivity index (χ3v) is 4.91. The normalized spacial score (nSPS) is 11.4. The van der Waals surface area contributed by atoms with Crippen LogP contribution in [0.2, 0.25) is 0 Å². The van der Waals surface area contributed by atoms with Gasteiger partial charge >= 0.3 is 0 Å². The molecule has 5 heteroatoms. The molecule has 112 valence electrons. The van der Waals surface area contributed by atoms with Crippen molar-refractivity contribution >= 4 is 15.7 Å². The first-order chi connectivity index (χ1) is 9.85. The van der Waals surface area contributed by atoms with Gasteiger partial charge in [0.1, 0.15) is 5.82 Å². The van der Waals surface area contributed by atoms with Crippen molar-refractivity contribution in [2.75, 3.05) is 4.72 Å². The molecule has 0 aliphatic carbocycles. The van der Waals surface area contributed by atoms with Crippen LogP contribution in [-0.2, 0) is 16.4 Å². The number of sulfonamides is 1. The average Bonchev–Trinajstić information content (AvgIpc) is 2.40. The van der Waals surface area contributed by atoms with Gasteiger partial charge in [-0.25, -0.2) is 12.8 Å². The van der Waals surface area contributed by atoms with Crippen molar-refractivity contribution in [2.24, 2.45) is 0 Å². The summed E-state index contributed by atoms with van der Waals surface area (Å²) in [7, 11) is -3.73. The van der Waals surface area contributed by atoms with Gasteiger partial charge in [0.05, 0.1) is 10.6 Å². The number of hydrogen-bond donors (Lipinski definition) is 1. The molecular weight excluding hydrogens is 289 g/mol. The van der Waals surface area contributed by atoms with E-state index in [0.29, 0.717) is 11.3 Å². The number of hydrogen-bond acceptors (Lipinski definition) is 2. The lowest BCUT2D eigenvalue weighted by molar-refractivity contribution is 0.598. The van der Waals surface area contributed by atoms with Crippen LogP contribution in [0.1, 0.15) is 23.6 Å². The summed E-state index contributed by atoms with van der Waals surface area (Å²) >= 11 is 0. The summed E-state index contributed by atoms with van der Waals surface area (Å²) < 4.78 is 40.8. The van der Waals surface area contributed by atoms with E-state index in [2.05, 4.69) is 4.72 Å². The molecule has 0 fully saturated rings. The molecule has 0 amide bonds. The Hall–Kier alpha value is -1.88. The Balaban J connectivity index is 2.47. The zero-order valence-corrected chi connectivity index (χ0v) is 13.1. The van der Waals surface area contributed by atoms with E-state index in [1.807, 2.05) is 32.0 Å². The Morgan fingerprint density at radius 3 is 2.43 bits per heavy atom. The SMILES string of the molecule is CCc1cccc(C)c1NS(=O)(=O)c1ccc(F)cc1C. The van der Waals surface area contributed by atoms with E-state index < -0.39 is 15.8 Å². The number of nitrogens with one attached hydrogen (secondary N) is 1. The Morgan fingerprint density at radius 2 is 1.81 bits per heavy atom. The minimum absolute atomic E-state index is 0.0919. The maximum atomic E-state index is 13.1. The van der Waals surface area contributed by atoms with Crippen molar-refractivity contribution in [1.82, 2.24) is 0 Å². The molecule has 0 aromatic heterocycles. The summed E-state index contributed by atoms with van der Waals surface area (Å²) in [5.41, 5.74) is 2.77. The van der Waals surface area contributed by atoms with Crippen LogP contribution in [-0.4, -0.2) is 8.42 Å². The molecule has 0 bridgehead atoms. The third kappa shape index (κ3) is 3.24. The van der Waals surface area contributed by atoms with Crippen LogP contribution >= 0.6 is 0 Å². The molecule has 0 atom stereocenters. The second-order valence-electron chi connectivity index (χ2n) is 4.98. The summed E-state index contributed by atoms with van der Waals surface area (Å²) in [6.07, 6.45) is 0.724. The number of para-hydroxylation sites is 1. The van der Waals surface area contributed by atoms with Crippen molar-refractivity contribution in [2.45, 2.75) is 32.1 Å². The highest BCUT2D eigenvalue weighted by atomic mass is 32.2. The molecule has 0 spiro atoms.